The summed E-state index contributed by atoms with van der Waals surface area (Å²) < 4.78 is 2.11. The van der Waals surface area contributed by atoms with Crippen molar-refractivity contribution in [1.82, 2.24) is 4.57 Å². The Balaban J connectivity index is 2.10. The van der Waals surface area contributed by atoms with Crippen LogP contribution in [0.3, 0.4) is 0 Å². The van der Waals surface area contributed by atoms with Crippen molar-refractivity contribution in [3.8, 4) is 0 Å². The molecule has 3 rings (SSSR count). The van der Waals surface area contributed by atoms with E-state index in [1.165, 1.54) is 0 Å². The Morgan fingerprint density at radius 1 is 1.00 bits per heavy atom. The topological polar surface area (TPSA) is 51.1 Å². The summed E-state index contributed by atoms with van der Waals surface area (Å²) in [5.41, 5.74) is 5.65. The number of aryl methyl sites for hydroxylation is 2. The molecular formula is C26H30N2O2. The molecule has 1 amide bonds. The van der Waals surface area contributed by atoms with E-state index in [1.54, 1.807) is 6.07 Å². The van der Waals surface area contributed by atoms with Crippen molar-refractivity contribution in [2.24, 2.45) is 5.92 Å². The van der Waals surface area contributed by atoms with Crippen LogP contribution in [0.4, 0.5) is 5.69 Å². The van der Waals surface area contributed by atoms with Gasteiger partial charge in [0.1, 0.15) is 5.56 Å². The van der Waals surface area contributed by atoms with Crippen LogP contribution in [-0.2, 0) is 13.0 Å². The Bertz CT molecular complexity index is 1110. The highest BCUT2D eigenvalue weighted by Crippen LogP contribution is 2.21. The number of aromatic nitrogens is 1. The average molecular weight is 403 g/mol. The van der Waals surface area contributed by atoms with Gasteiger partial charge in [-0.3, -0.25) is 9.59 Å². The second kappa shape index (κ2) is 9.12. The smallest absolute Gasteiger partial charge is 0.261 e. The third kappa shape index (κ3) is 4.70. The molecule has 30 heavy (non-hydrogen) atoms. The number of carbonyl (C=O) groups is 1. The maximum Gasteiger partial charge on any atom is 0.261 e. The van der Waals surface area contributed by atoms with Crippen molar-refractivity contribution in [3.63, 3.8) is 0 Å². The van der Waals surface area contributed by atoms with E-state index in [4.69, 9.17) is 0 Å². The number of carbonyl (C=O) groups excluding carboxylic acids is 1. The highest BCUT2D eigenvalue weighted by Gasteiger charge is 2.22. The molecule has 0 aliphatic rings. The molecule has 0 atom stereocenters. The van der Waals surface area contributed by atoms with E-state index in [0.717, 1.165) is 33.8 Å². The summed E-state index contributed by atoms with van der Waals surface area (Å²) in [4.78, 5) is 26.2. The minimum absolute atomic E-state index is 0.227. The Hall–Kier alpha value is -3.14. The lowest BCUT2D eigenvalue weighted by Crippen LogP contribution is -2.29. The Labute approximate surface area is 178 Å². The Kier molecular flexibility index (Phi) is 6.56. The zero-order valence-electron chi connectivity index (χ0n) is 18.5. The molecular weight excluding hydrogens is 372 g/mol. The van der Waals surface area contributed by atoms with Gasteiger partial charge in [0.05, 0.1) is 0 Å². The second-order valence-electron chi connectivity index (χ2n) is 8.34. The normalized spacial score (nSPS) is 11.0. The summed E-state index contributed by atoms with van der Waals surface area (Å²) in [5, 5.41) is 2.98. The number of nitrogens with one attached hydrogen (secondary N) is 1. The van der Waals surface area contributed by atoms with Gasteiger partial charge < -0.3 is 9.88 Å². The largest absolute Gasteiger partial charge is 0.343 e. The lowest BCUT2D eigenvalue weighted by molar-refractivity contribution is 0.102. The summed E-state index contributed by atoms with van der Waals surface area (Å²) in [6, 6.07) is 17.5. The van der Waals surface area contributed by atoms with Crippen molar-refractivity contribution in [1.29, 1.82) is 0 Å². The van der Waals surface area contributed by atoms with E-state index < -0.39 is 0 Å². The number of hydrogen-bond donors (Lipinski definition) is 1. The molecule has 0 radical (unpaired) electrons. The number of amides is 1. The fraction of sp³-hybridized carbons (Fsp3) is 0.308. The van der Waals surface area contributed by atoms with Gasteiger partial charge in [-0.15, -0.1) is 0 Å². The first-order valence-electron chi connectivity index (χ1n) is 10.4. The van der Waals surface area contributed by atoms with Crippen molar-refractivity contribution < 1.29 is 4.79 Å². The minimum atomic E-state index is -0.342. The van der Waals surface area contributed by atoms with Crippen molar-refractivity contribution in [2.75, 3.05) is 5.32 Å². The monoisotopic (exact) mass is 402 g/mol. The highest BCUT2D eigenvalue weighted by molar-refractivity contribution is 6.05. The zero-order chi connectivity index (χ0) is 21.8. The first-order valence-corrected chi connectivity index (χ1v) is 10.4. The first kappa shape index (κ1) is 21.6. The molecule has 0 aliphatic heterocycles. The van der Waals surface area contributed by atoms with Crippen LogP contribution in [0, 0.1) is 26.7 Å². The third-order valence-electron chi connectivity index (χ3n) is 5.49. The van der Waals surface area contributed by atoms with Crippen molar-refractivity contribution in [3.05, 3.63) is 98.5 Å². The fourth-order valence-electron chi connectivity index (χ4n) is 3.73. The number of rotatable bonds is 6. The van der Waals surface area contributed by atoms with E-state index >= 15 is 0 Å². The molecule has 0 bridgehead atoms. The highest BCUT2D eigenvalue weighted by atomic mass is 16.2. The van der Waals surface area contributed by atoms with Crippen LogP contribution in [0.25, 0.3) is 0 Å². The lowest BCUT2D eigenvalue weighted by atomic mass is 10.00. The second-order valence-corrected chi connectivity index (χ2v) is 8.34. The Morgan fingerprint density at radius 3 is 2.37 bits per heavy atom. The summed E-state index contributed by atoms with van der Waals surface area (Å²) >= 11 is 0. The van der Waals surface area contributed by atoms with Gasteiger partial charge in [0.15, 0.2) is 5.43 Å². The molecule has 1 N–H and O–H groups in total. The zero-order valence-corrected chi connectivity index (χ0v) is 18.5. The average Bonchev–Trinajstić information content (AvgIpc) is 2.68. The molecule has 4 heteroatoms. The summed E-state index contributed by atoms with van der Waals surface area (Å²) in [5.74, 6) is -0.0355. The van der Waals surface area contributed by atoms with Crippen LogP contribution in [-0.4, -0.2) is 10.5 Å². The minimum Gasteiger partial charge on any atom is -0.343 e. The third-order valence-corrected chi connectivity index (χ3v) is 5.49. The Morgan fingerprint density at radius 2 is 1.70 bits per heavy atom. The molecule has 0 saturated heterocycles. The molecule has 0 spiro atoms. The maximum atomic E-state index is 13.3. The quantitative estimate of drug-likeness (QED) is 0.610. The van der Waals surface area contributed by atoms with Crippen LogP contribution in [0.5, 0.6) is 0 Å². The molecule has 3 aromatic rings. The van der Waals surface area contributed by atoms with Crippen LogP contribution in [0.2, 0.25) is 0 Å². The number of pyridine rings is 1. The molecule has 0 unspecified atom stereocenters. The van der Waals surface area contributed by atoms with E-state index in [1.807, 2.05) is 57.2 Å². The van der Waals surface area contributed by atoms with Gasteiger partial charge in [0, 0.05) is 29.7 Å². The van der Waals surface area contributed by atoms with E-state index in [-0.39, 0.29) is 16.9 Å². The molecule has 0 aliphatic carbocycles. The van der Waals surface area contributed by atoms with Gasteiger partial charge in [-0.05, 0) is 55.9 Å². The fourth-order valence-corrected chi connectivity index (χ4v) is 3.73. The van der Waals surface area contributed by atoms with E-state index in [2.05, 4.69) is 35.9 Å². The van der Waals surface area contributed by atoms with E-state index in [9.17, 15) is 9.59 Å². The lowest BCUT2D eigenvalue weighted by Gasteiger charge is -2.22. The van der Waals surface area contributed by atoms with Crippen LogP contribution in [0.1, 0.15) is 52.3 Å². The van der Waals surface area contributed by atoms with Crippen LogP contribution in [0.15, 0.2) is 59.4 Å². The molecule has 1 aromatic heterocycles. The van der Waals surface area contributed by atoms with Gasteiger partial charge in [-0.2, -0.15) is 0 Å². The number of hydrogen-bond acceptors (Lipinski definition) is 2. The number of benzene rings is 2. The molecule has 156 valence electrons. The molecule has 1 heterocycles. The van der Waals surface area contributed by atoms with Crippen LogP contribution >= 0.6 is 0 Å². The first-order chi connectivity index (χ1) is 14.3. The van der Waals surface area contributed by atoms with E-state index in [0.29, 0.717) is 18.9 Å². The SMILES string of the molecule is Cc1cccc(NC(=O)c2c(CC(C)C)n(Cc3ccccc3)c(C)cc2=O)c1C. The van der Waals surface area contributed by atoms with Gasteiger partial charge in [-0.1, -0.05) is 56.3 Å². The van der Waals surface area contributed by atoms with Gasteiger partial charge >= 0.3 is 0 Å². The van der Waals surface area contributed by atoms with Gasteiger partial charge in [0.25, 0.3) is 5.91 Å². The maximum absolute atomic E-state index is 13.3. The summed E-state index contributed by atoms with van der Waals surface area (Å²) in [6.45, 7) is 10.7. The van der Waals surface area contributed by atoms with Crippen molar-refractivity contribution in [2.45, 2.75) is 47.6 Å². The number of anilines is 1. The molecule has 0 saturated carbocycles. The van der Waals surface area contributed by atoms with Crippen LogP contribution < -0.4 is 10.7 Å². The number of nitrogens with zero attached hydrogens (tertiary/aromatic N) is 1. The predicted octanol–water partition coefficient (Wildman–Crippen LogP) is 5.27. The standard InChI is InChI=1S/C26H30N2O2/c1-17(2)14-23-25(26(30)27-22-13-9-10-18(3)20(22)5)24(29)15-19(4)28(23)16-21-11-7-6-8-12-21/h6-13,15,17H,14,16H2,1-5H3,(H,27,30). The molecule has 4 nitrogen and oxygen atoms in total. The van der Waals surface area contributed by atoms with Gasteiger partial charge in [-0.25, -0.2) is 0 Å². The van der Waals surface area contributed by atoms with Gasteiger partial charge in [0.2, 0.25) is 0 Å². The van der Waals surface area contributed by atoms with Crippen molar-refractivity contribution >= 4 is 11.6 Å². The summed E-state index contributed by atoms with van der Waals surface area (Å²) in [6.07, 6.45) is 0.652. The molecule has 0 fully saturated rings. The molecule has 2 aromatic carbocycles. The summed E-state index contributed by atoms with van der Waals surface area (Å²) in [7, 11) is 0. The predicted molar refractivity (Wildman–Crippen MR) is 123 cm³/mol.